The van der Waals surface area contributed by atoms with Gasteiger partial charge in [-0.1, -0.05) is 24.1 Å². The second-order valence-electron chi connectivity index (χ2n) is 12.7. The number of aliphatic hydroxyl groups excluding tert-OH is 1. The van der Waals surface area contributed by atoms with Crippen molar-refractivity contribution in [2.45, 2.75) is 115 Å². The van der Waals surface area contributed by atoms with Crippen molar-refractivity contribution in [3.63, 3.8) is 0 Å². The summed E-state index contributed by atoms with van der Waals surface area (Å²) in [6.45, 7) is 9.96. The molecule has 6 heteroatoms. The molecule has 1 saturated heterocycles. The molecule has 4 fully saturated rings. The maximum absolute atomic E-state index is 13.4. The van der Waals surface area contributed by atoms with Crippen LogP contribution >= 0.6 is 0 Å². The molecule has 6 aliphatic rings. The molecule has 0 radical (unpaired) electrons. The second-order valence-corrected chi connectivity index (χ2v) is 12.7. The fourth-order valence-electron chi connectivity index (χ4n) is 9.45. The highest BCUT2D eigenvalue weighted by Crippen LogP contribution is 2.77. The van der Waals surface area contributed by atoms with E-state index in [1.165, 1.54) is 0 Å². The lowest BCUT2D eigenvalue weighted by atomic mass is 9.45. The number of allylic oxidation sites excluding steroid dienone is 1. The summed E-state index contributed by atoms with van der Waals surface area (Å²) in [4.78, 5) is 26.0. The number of rotatable bonds is 1. The molecule has 2 heterocycles. The van der Waals surface area contributed by atoms with Crippen molar-refractivity contribution in [1.82, 2.24) is 0 Å². The highest BCUT2D eigenvalue weighted by molar-refractivity contribution is 5.90. The van der Waals surface area contributed by atoms with Crippen LogP contribution in [0, 0.1) is 22.7 Å². The van der Waals surface area contributed by atoms with Crippen LogP contribution < -0.4 is 0 Å². The number of ether oxygens (including phenoxy) is 2. The van der Waals surface area contributed by atoms with E-state index in [9.17, 15) is 19.8 Å². The maximum Gasteiger partial charge on any atom is 0.334 e. The fraction of sp³-hybridized carbons (Fsp3) is 0.786. The van der Waals surface area contributed by atoms with Crippen molar-refractivity contribution in [3.8, 4) is 0 Å². The van der Waals surface area contributed by atoms with Crippen LogP contribution in [0.15, 0.2) is 22.8 Å². The molecule has 34 heavy (non-hydrogen) atoms. The van der Waals surface area contributed by atoms with Crippen molar-refractivity contribution in [2.75, 3.05) is 0 Å². The lowest BCUT2D eigenvalue weighted by molar-refractivity contribution is -0.248. The van der Waals surface area contributed by atoms with Crippen molar-refractivity contribution in [2.24, 2.45) is 22.7 Å². The highest BCUT2D eigenvalue weighted by Gasteiger charge is 2.84. The number of carbonyl (C=O) groups is 2. The molecule has 0 aromatic carbocycles. The number of Topliss-reactive ketones (excluding diaryl/α,β-unsaturated/α-hetero) is 1. The zero-order valence-corrected chi connectivity index (χ0v) is 21.1. The van der Waals surface area contributed by atoms with Crippen LogP contribution in [0.5, 0.6) is 0 Å². The normalized spacial score (nSPS) is 54.3. The van der Waals surface area contributed by atoms with Crippen molar-refractivity contribution in [3.05, 3.63) is 22.8 Å². The molecule has 186 valence electrons. The number of esters is 1. The molecule has 2 bridgehead atoms. The van der Waals surface area contributed by atoms with E-state index in [0.717, 1.165) is 36.8 Å². The van der Waals surface area contributed by atoms with Crippen LogP contribution in [0.1, 0.15) is 86.0 Å². The first-order valence-electron chi connectivity index (χ1n) is 13.0. The Morgan fingerprint density at radius 3 is 2.44 bits per heavy atom. The molecule has 0 aromatic heterocycles. The van der Waals surface area contributed by atoms with Gasteiger partial charge in [0.25, 0.3) is 0 Å². The van der Waals surface area contributed by atoms with Gasteiger partial charge >= 0.3 is 5.97 Å². The lowest BCUT2D eigenvalue weighted by Crippen LogP contribution is -2.63. The number of hydrogen-bond donors (Lipinski definition) is 2. The molecule has 0 amide bonds. The maximum atomic E-state index is 13.4. The number of aliphatic hydroxyl groups is 2. The van der Waals surface area contributed by atoms with Gasteiger partial charge in [0.2, 0.25) is 0 Å². The number of hydrogen-bond acceptors (Lipinski definition) is 6. The first-order chi connectivity index (χ1) is 15.8. The highest BCUT2D eigenvalue weighted by atomic mass is 16.6. The zero-order chi connectivity index (χ0) is 24.5. The van der Waals surface area contributed by atoms with E-state index in [-0.39, 0.29) is 30.0 Å². The predicted molar refractivity (Wildman–Crippen MR) is 125 cm³/mol. The van der Waals surface area contributed by atoms with E-state index >= 15 is 0 Å². The Morgan fingerprint density at radius 2 is 1.74 bits per heavy atom. The van der Waals surface area contributed by atoms with E-state index in [0.29, 0.717) is 24.8 Å². The quantitative estimate of drug-likeness (QED) is 0.448. The molecule has 0 spiro atoms. The van der Waals surface area contributed by atoms with Gasteiger partial charge in [-0.05, 0) is 78.1 Å². The van der Waals surface area contributed by atoms with Crippen LogP contribution in [-0.4, -0.2) is 51.0 Å². The summed E-state index contributed by atoms with van der Waals surface area (Å²) in [7, 11) is 0. The number of ketones is 1. The monoisotopic (exact) mass is 470 g/mol. The van der Waals surface area contributed by atoms with E-state index < -0.39 is 39.8 Å². The minimum atomic E-state index is -1.11. The standard InChI is InChI=1S/C28H38O6/c1-15-12-22(33-23(31)16(15)2)26(5)28(32)11-10-27(34-26)20-7-6-17-13-18(29)14-21(30)25(17,4)19(20)8-9-24(27,28)3/h6,18-20,22,29,32H,7-14H2,1-5H3/t18-,19+,20-,22-,24+,25+,26-,27-,28+/m1/s1. The summed E-state index contributed by atoms with van der Waals surface area (Å²) >= 11 is 0. The number of cyclic esters (lactones) is 1. The predicted octanol–water partition coefficient (Wildman–Crippen LogP) is 3.78. The summed E-state index contributed by atoms with van der Waals surface area (Å²) in [6, 6.07) is 0. The van der Waals surface area contributed by atoms with Gasteiger partial charge in [0.05, 0.1) is 17.1 Å². The van der Waals surface area contributed by atoms with Crippen molar-refractivity contribution < 1.29 is 29.3 Å². The third-order valence-electron chi connectivity index (χ3n) is 11.7. The van der Waals surface area contributed by atoms with Gasteiger partial charge in [0.15, 0.2) is 0 Å². The minimum absolute atomic E-state index is 0.104. The fourth-order valence-corrected chi connectivity index (χ4v) is 9.45. The molecule has 3 saturated carbocycles. The molecule has 9 atom stereocenters. The van der Waals surface area contributed by atoms with Gasteiger partial charge in [-0.25, -0.2) is 4.79 Å². The van der Waals surface area contributed by atoms with Gasteiger partial charge in [0, 0.05) is 23.8 Å². The Balaban J connectivity index is 1.44. The van der Waals surface area contributed by atoms with E-state index in [4.69, 9.17) is 9.47 Å². The van der Waals surface area contributed by atoms with Crippen LogP contribution in [-0.2, 0) is 19.1 Å². The van der Waals surface area contributed by atoms with E-state index in [1.807, 2.05) is 13.8 Å². The molecule has 2 N–H and O–H groups in total. The lowest BCUT2D eigenvalue weighted by Gasteiger charge is -2.59. The Morgan fingerprint density at radius 1 is 1.00 bits per heavy atom. The van der Waals surface area contributed by atoms with Gasteiger partial charge in [0.1, 0.15) is 23.1 Å². The third-order valence-corrected chi connectivity index (χ3v) is 11.7. The zero-order valence-electron chi connectivity index (χ0n) is 21.1. The summed E-state index contributed by atoms with van der Waals surface area (Å²) in [5.74, 6) is 0.0481. The van der Waals surface area contributed by atoms with Crippen molar-refractivity contribution in [1.29, 1.82) is 0 Å². The molecule has 6 nitrogen and oxygen atoms in total. The molecule has 0 unspecified atom stereocenters. The van der Waals surface area contributed by atoms with Crippen molar-refractivity contribution >= 4 is 11.8 Å². The Bertz CT molecular complexity index is 1060. The van der Waals surface area contributed by atoms with E-state index in [2.05, 4.69) is 19.9 Å². The molecular formula is C28H38O6. The third kappa shape index (κ3) is 2.30. The minimum Gasteiger partial charge on any atom is -0.455 e. The largest absolute Gasteiger partial charge is 0.455 e. The summed E-state index contributed by atoms with van der Waals surface area (Å²) < 4.78 is 13.0. The average molecular weight is 471 g/mol. The molecule has 6 rings (SSSR count). The summed E-state index contributed by atoms with van der Waals surface area (Å²) in [5, 5.41) is 22.7. The SMILES string of the molecule is CC1=C(C)C(=O)O[C@@H]([C@@]2(C)O[C@@]34CC[C@]2(O)[C@@]3(C)CC[C@H]2[C@H]4CC=C3C[C@@H](O)CC(=O)[C@@]32C)C1. The first kappa shape index (κ1) is 22.9. The van der Waals surface area contributed by atoms with Gasteiger partial charge in [-0.2, -0.15) is 0 Å². The Labute approximate surface area is 201 Å². The second kappa shape index (κ2) is 6.63. The molecule has 4 aliphatic carbocycles. The summed E-state index contributed by atoms with van der Waals surface area (Å²) in [5.41, 5.74) is -1.03. The number of fused-ring (bicyclic) bond motifs is 3. The number of carbonyl (C=O) groups excluding carboxylic acids is 2. The van der Waals surface area contributed by atoms with Crippen LogP contribution in [0.2, 0.25) is 0 Å². The summed E-state index contributed by atoms with van der Waals surface area (Å²) in [6.07, 6.45) is 6.19. The van der Waals surface area contributed by atoms with Gasteiger partial charge < -0.3 is 19.7 Å². The molecule has 0 aromatic rings. The smallest absolute Gasteiger partial charge is 0.334 e. The molecule has 2 aliphatic heterocycles. The topological polar surface area (TPSA) is 93.1 Å². The van der Waals surface area contributed by atoms with Gasteiger partial charge in [-0.3, -0.25) is 4.79 Å². The van der Waals surface area contributed by atoms with Crippen LogP contribution in [0.4, 0.5) is 0 Å². The van der Waals surface area contributed by atoms with E-state index in [1.54, 1.807) is 6.92 Å². The molecular weight excluding hydrogens is 432 g/mol. The average Bonchev–Trinajstić information content (AvgIpc) is 3.10. The van der Waals surface area contributed by atoms with Crippen LogP contribution in [0.25, 0.3) is 0 Å². The Kier molecular flexibility index (Phi) is 4.47. The Hall–Kier alpha value is -1.50. The van der Waals surface area contributed by atoms with Crippen LogP contribution in [0.3, 0.4) is 0 Å². The van der Waals surface area contributed by atoms with Gasteiger partial charge in [-0.15, -0.1) is 0 Å². The first-order valence-corrected chi connectivity index (χ1v) is 13.0.